The molecule has 2 aromatic rings. The Balaban J connectivity index is 1.70. The lowest BCUT2D eigenvalue weighted by atomic mass is 9.83. The summed E-state index contributed by atoms with van der Waals surface area (Å²) < 4.78 is 0.485. The van der Waals surface area contributed by atoms with Gasteiger partial charge in [0.2, 0.25) is 0 Å². The van der Waals surface area contributed by atoms with Crippen molar-refractivity contribution < 1.29 is 4.79 Å². The molecule has 108 valence electrons. The van der Waals surface area contributed by atoms with E-state index < -0.39 is 0 Å². The molecule has 0 spiro atoms. The molecule has 2 N–H and O–H groups in total. The van der Waals surface area contributed by atoms with Crippen LogP contribution >= 0.6 is 12.2 Å². The Bertz CT molecular complexity index is 708. The van der Waals surface area contributed by atoms with E-state index in [9.17, 15) is 4.79 Å². The maximum absolute atomic E-state index is 12.2. The summed E-state index contributed by atoms with van der Waals surface area (Å²) in [6.45, 7) is 0.666. The van der Waals surface area contributed by atoms with Gasteiger partial charge in [0.1, 0.15) is 4.64 Å². The van der Waals surface area contributed by atoms with Crippen molar-refractivity contribution in [3.05, 3.63) is 63.9 Å². The van der Waals surface area contributed by atoms with E-state index in [1.807, 2.05) is 0 Å². The highest BCUT2D eigenvalue weighted by molar-refractivity contribution is 7.71. The van der Waals surface area contributed by atoms with Gasteiger partial charge < -0.3 is 10.3 Å². The topological polar surface area (TPSA) is 44.9 Å². The largest absolute Gasteiger partial charge is 0.352 e. The normalized spacial score (nSPS) is 17.0. The third kappa shape index (κ3) is 3.05. The number of benzene rings is 1. The molecule has 0 bridgehead atoms. The number of hydrogen-bond donors (Lipinski definition) is 2. The first-order chi connectivity index (χ1) is 10.3. The van der Waals surface area contributed by atoms with E-state index in [1.165, 1.54) is 17.5 Å². The predicted molar refractivity (Wildman–Crippen MR) is 86.1 cm³/mol. The van der Waals surface area contributed by atoms with Crippen LogP contribution in [0.4, 0.5) is 0 Å². The average Bonchev–Trinajstić information content (AvgIpc) is 2.53. The number of aryl methyl sites for hydroxylation is 1. The number of amides is 1. The van der Waals surface area contributed by atoms with Crippen LogP contribution in [0.1, 0.15) is 40.2 Å². The Labute approximate surface area is 129 Å². The fourth-order valence-electron chi connectivity index (χ4n) is 2.98. The van der Waals surface area contributed by atoms with Crippen LogP contribution in [-0.2, 0) is 6.42 Å². The fraction of sp³-hybridized carbons (Fsp3) is 0.294. The summed E-state index contributed by atoms with van der Waals surface area (Å²) in [5.41, 5.74) is 3.33. The molecule has 1 atom stereocenters. The van der Waals surface area contributed by atoms with Gasteiger partial charge in [0.25, 0.3) is 5.91 Å². The van der Waals surface area contributed by atoms with Crippen molar-refractivity contribution in [2.24, 2.45) is 0 Å². The van der Waals surface area contributed by atoms with E-state index in [4.69, 9.17) is 12.2 Å². The lowest BCUT2D eigenvalue weighted by Gasteiger charge is -2.25. The van der Waals surface area contributed by atoms with Gasteiger partial charge in [-0.15, -0.1) is 0 Å². The summed E-state index contributed by atoms with van der Waals surface area (Å²) in [4.78, 5) is 15.1. The molecule has 3 nitrogen and oxygen atoms in total. The van der Waals surface area contributed by atoms with E-state index in [0.717, 1.165) is 12.8 Å². The molecule has 3 rings (SSSR count). The summed E-state index contributed by atoms with van der Waals surface area (Å²) in [7, 11) is 0. The van der Waals surface area contributed by atoms with Gasteiger partial charge in [-0.3, -0.25) is 4.79 Å². The first kappa shape index (κ1) is 14.0. The number of aromatic nitrogens is 1. The van der Waals surface area contributed by atoms with Crippen molar-refractivity contribution in [3.8, 4) is 0 Å². The molecule has 0 radical (unpaired) electrons. The lowest BCUT2D eigenvalue weighted by molar-refractivity contribution is 0.0949. The standard InChI is InChI=1S/C17H18N2OS/c20-16(15-9-4-10-18-17(15)21)19-11-13-7-3-6-12-5-1-2-8-14(12)13/h1-2,4-5,8-10,13H,3,6-7,11H2,(H,18,21)(H,19,20). The molecule has 1 aliphatic rings. The van der Waals surface area contributed by atoms with Gasteiger partial charge in [0.15, 0.2) is 0 Å². The van der Waals surface area contributed by atoms with Gasteiger partial charge in [0, 0.05) is 18.7 Å². The van der Waals surface area contributed by atoms with Gasteiger partial charge in [0.05, 0.1) is 5.56 Å². The first-order valence-electron chi connectivity index (χ1n) is 7.29. The summed E-state index contributed by atoms with van der Waals surface area (Å²) in [6, 6.07) is 12.1. The minimum Gasteiger partial charge on any atom is -0.352 e. The minimum atomic E-state index is -0.0973. The van der Waals surface area contributed by atoms with E-state index in [2.05, 4.69) is 34.6 Å². The van der Waals surface area contributed by atoms with Gasteiger partial charge in [-0.2, -0.15) is 0 Å². The predicted octanol–water partition coefficient (Wildman–Crippen LogP) is 3.59. The summed E-state index contributed by atoms with van der Waals surface area (Å²) in [5.74, 6) is 0.306. The number of nitrogens with one attached hydrogen (secondary N) is 2. The molecule has 0 saturated carbocycles. The second kappa shape index (κ2) is 6.22. The molecule has 0 fully saturated rings. The maximum atomic E-state index is 12.2. The Morgan fingerprint density at radius 2 is 2.14 bits per heavy atom. The first-order valence-corrected chi connectivity index (χ1v) is 7.70. The fourth-order valence-corrected chi connectivity index (χ4v) is 3.21. The third-order valence-electron chi connectivity index (χ3n) is 4.07. The Morgan fingerprint density at radius 1 is 1.29 bits per heavy atom. The minimum absolute atomic E-state index is 0.0973. The van der Waals surface area contributed by atoms with Crippen LogP contribution in [0, 0.1) is 4.64 Å². The number of aromatic amines is 1. The molecule has 1 unspecified atom stereocenters. The highest BCUT2D eigenvalue weighted by Gasteiger charge is 2.20. The molecule has 21 heavy (non-hydrogen) atoms. The van der Waals surface area contributed by atoms with E-state index in [-0.39, 0.29) is 5.91 Å². The summed E-state index contributed by atoms with van der Waals surface area (Å²) in [5, 5.41) is 3.02. The number of rotatable bonds is 3. The Hall–Kier alpha value is -1.94. The quantitative estimate of drug-likeness (QED) is 0.851. The molecular formula is C17H18N2OS. The van der Waals surface area contributed by atoms with Crippen molar-refractivity contribution in [1.29, 1.82) is 0 Å². The summed E-state index contributed by atoms with van der Waals surface area (Å²) in [6.07, 6.45) is 5.18. The zero-order chi connectivity index (χ0) is 14.7. The van der Waals surface area contributed by atoms with Crippen molar-refractivity contribution in [3.63, 3.8) is 0 Å². The van der Waals surface area contributed by atoms with Crippen LogP contribution in [-0.4, -0.2) is 17.4 Å². The molecule has 1 amide bonds. The van der Waals surface area contributed by atoms with Crippen LogP contribution < -0.4 is 5.32 Å². The Kier molecular flexibility index (Phi) is 4.15. The van der Waals surface area contributed by atoms with Gasteiger partial charge in [-0.05, 0) is 42.5 Å². The van der Waals surface area contributed by atoms with Crippen LogP contribution in [0.3, 0.4) is 0 Å². The number of H-pyrrole nitrogens is 1. The zero-order valence-corrected chi connectivity index (χ0v) is 12.6. The molecule has 1 aromatic heterocycles. The van der Waals surface area contributed by atoms with Crippen molar-refractivity contribution in [2.45, 2.75) is 25.2 Å². The SMILES string of the molecule is O=C(NCC1CCCc2ccccc21)c1ccc[nH]c1=S. The van der Waals surface area contributed by atoms with Crippen LogP contribution in [0.15, 0.2) is 42.6 Å². The van der Waals surface area contributed by atoms with Crippen LogP contribution in [0.25, 0.3) is 0 Å². The number of hydrogen-bond acceptors (Lipinski definition) is 2. The molecule has 1 heterocycles. The van der Waals surface area contributed by atoms with Crippen molar-refractivity contribution in [2.75, 3.05) is 6.54 Å². The number of pyridine rings is 1. The molecule has 1 aliphatic carbocycles. The summed E-state index contributed by atoms with van der Waals surface area (Å²) >= 11 is 5.15. The van der Waals surface area contributed by atoms with Gasteiger partial charge in [-0.1, -0.05) is 36.5 Å². The number of carbonyl (C=O) groups is 1. The number of carbonyl (C=O) groups excluding carboxylic acids is 1. The monoisotopic (exact) mass is 298 g/mol. The van der Waals surface area contributed by atoms with Gasteiger partial charge in [-0.25, -0.2) is 0 Å². The van der Waals surface area contributed by atoms with Crippen LogP contribution in [0.2, 0.25) is 0 Å². The van der Waals surface area contributed by atoms with Crippen LogP contribution in [0.5, 0.6) is 0 Å². The van der Waals surface area contributed by atoms with E-state index in [1.54, 1.807) is 18.3 Å². The second-order valence-electron chi connectivity index (χ2n) is 5.41. The molecule has 1 aromatic carbocycles. The van der Waals surface area contributed by atoms with Crippen molar-refractivity contribution >= 4 is 18.1 Å². The maximum Gasteiger partial charge on any atom is 0.254 e. The smallest absolute Gasteiger partial charge is 0.254 e. The average molecular weight is 298 g/mol. The zero-order valence-electron chi connectivity index (χ0n) is 11.8. The van der Waals surface area contributed by atoms with Crippen molar-refractivity contribution in [1.82, 2.24) is 10.3 Å². The van der Waals surface area contributed by atoms with E-state index in [0.29, 0.717) is 22.7 Å². The number of fused-ring (bicyclic) bond motifs is 1. The van der Waals surface area contributed by atoms with E-state index >= 15 is 0 Å². The molecule has 0 aliphatic heterocycles. The van der Waals surface area contributed by atoms with Gasteiger partial charge >= 0.3 is 0 Å². The second-order valence-corrected chi connectivity index (χ2v) is 5.82. The molecule has 4 heteroatoms. The lowest BCUT2D eigenvalue weighted by Crippen LogP contribution is -2.30. The molecular weight excluding hydrogens is 280 g/mol. The third-order valence-corrected chi connectivity index (χ3v) is 4.40. The highest BCUT2D eigenvalue weighted by Crippen LogP contribution is 2.30. The molecule has 0 saturated heterocycles. The highest BCUT2D eigenvalue weighted by atomic mass is 32.1. The Morgan fingerprint density at radius 3 is 3.00 bits per heavy atom.